The molecule has 1 atom stereocenters. The zero-order valence-electron chi connectivity index (χ0n) is 15.0. The average Bonchev–Trinajstić information content (AvgIpc) is 3.19. The summed E-state index contributed by atoms with van der Waals surface area (Å²) in [6, 6.07) is 4.31. The van der Waals surface area contributed by atoms with E-state index in [1.54, 1.807) is 0 Å². The van der Waals surface area contributed by atoms with Crippen molar-refractivity contribution in [1.82, 2.24) is 25.2 Å². The highest BCUT2D eigenvalue weighted by Gasteiger charge is 2.57. The zero-order chi connectivity index (χ0) is 21.1. The van der Waals surface area contributed by atoms with Crippen LogP contribution in [-0.4, -0.2) is 42.0 Å². The predicted octanol–water partition coefficient (Wildman–Crippen LogP) is 1.95. The van der Waals surface area contributed by atoms with E-state index in [1.165, 1.54) is 12.3 Å². The van der Waals surface area contributed by atoms with Crippen molar-refractivity contribution in [3.8, 4) is 0 Å². The summed E-state index contributed by atoms with van der Waals surface area (Å²) >= 11 is 0. The van der Waals surface area contributed by atoms with E-state index in [9.17, 15) is 13.9 Å². The first kappa shape index (κ1) is 20.8. The third-order valence-corrected chi connectivity index (χ3v) is 4.45. The van der Waals surface area contributed by atoms with Crippen LogP contribution in [0.25, 0.3) is 0 Å². The minimum atomic E-state index is -4.09. The van der Waals surface area contributed by atoms with Gasteiger partial charge in [-0.2, -0.15) is 8.78 Å². The maximum absolute atomic E-state index is 15.5. The molecule has 154 valence electrons. The number of alkyl halides is 2. The summed E-state index contributed by atoms with van der Waals surface area (Å²) < 4.78 is 59.4. The quantitative estimate of drug-likeness (QED) is 0.550. The Labute approximate surface area is 162 Å². The van der Waals surface area contributed by atoms with E-state index in [0.717, 1.165) is 29.2 Å². The molecule has 0 aliphatic rings. The first-order valence-corrected chi connectivity index (χ1v) is 8.60. The highest BCUT2D eigenvalue weighted by molar-refractivity contribution is 5.31. The Hall–Kier alpha value is -2.92. The van der Waals surface area contributed by atoms with E-state index in [1.807, 2.05) is 0 Å². The molecular weight excluding hydrogens is 394 g/mol. The molecule has 0 saturated heterocycles. The van der Waals surface area contributed by atoms with Crippen molar-refractivity contribution in [2.24, 2.45) is 0 Å². The van der Waals surface area contributed by atoms with Gasteiger partial charge >= 0.3 is 5.92 Å². The number of tetrazole rings is 1. The molecule has 0 unspecified atom stereocenters. The van der Waals surface area contributed by atoms with Gasteiger partial charge in [0.2, 0.25) is 0 Å². The molecule has 0 aliphatic heterocycles. The van der Waals surface area contributed by atoms with Crippen molar-refractivity contribution in [2.45, 2.75) is 30.9 Å². The van der Waals surface area contributed by atoms with Gasteiger partial charge in [0.05, 0.1) is 6.54 Å². The second-order valence-corrected chi connectivity index (χ2v) is 6.45. The SMILES string of the molecule is OCCCc1ccc(C(F)(F)[C@@](O)(Cn2cnnn2)c2ccc(F)cc2F)nc1. The normalized spacial score (nSPS) is 14.0. The largest absolute Gasteiger partial charge is 0.396 e. The number of aliphatic hydroxyl groups excluding tert-OH is 1. The molecule has 0 saturated carbocycles. The number of halogens is 4. The molecule has 3 aromatic rings. The number of benzene rings is 1. The van der Waals surface area contributed by atoms with Crippen molar-refractivity contribution < 1.29 is 27.8 Å². The molecule has 2 aromatic heterocycles. The van der Waals surface area contributed by atoms with Crippen molar-refractivity contribution in [2.75, 3.05) is 6.61 Å². The van der Waals surface area contributed by atoms with Crippen molar-refractivity contribution in [3.05, 3.63) is 71.3 Å². The Morgan fingerprint density at radius 3 is 2.48 bits per heavy atom. The van der Waals surface area contributed by atoms with Crippen LogP contribution in [0.4, 0.5) is 17.6 Å². The third-order valence-electron chi connectivity index (χ3n) is 4.45. The number of pyridine rings is 1. The lowest BCUT2D eigenvalue weighted by Gasteiger charge is -2.35. The van der Waals surface area contributed by atoms with E-state index < -0.39 is 41.0 Å². The summed E-state index contributed by atoms with van der Waals surface area (Å²) in [6.07, 6.45) is 3.03. The van der Waals surface area contributed by atoms with Gasteiger partial charge in [0.25, 0.3) is 0 Å². The monoisotopic (exact) mass is 411 g/mol. The molecule has 3 rings (SSSR count). The summed E-state index contributed by atoms with van der Waals surface area (Å²) in [5, 5.41) is 30.0. The first-order valence-electron chi connectivity index (χ1n) is 8.60. The summed E-state index contributed by atoms with van der Waals surface area (Å²) in [4.78, 5) is 3.72. The summed E-state index contributed by atoms with van der Waals surface area (Å²) in [6.45, 7) is -0.975. The van der Waals surface area contributed by atoms with Gasteiger partial charge in [-0.25, -0.2) is 13.5 Å². The maximum Gasteiger partial charge on any atom is 0.323 e. The van der Waals surface area contributed by atoms with Crippen molar-refractivity contribution >= 4 is 0 Å². The van der Waals surface area contributed by atoms with Crippen LogP contribution < -0.4 is 0 Å². The fraction of sp³-hybridized carbons (Fsp3) is 0.333. The fourth-order valence-electron chi connectivity index (χ4n) is 2.92. The second kappa shape index (κ2) is 8.21. The van der Waals surface area contributed by atoms with Crippen LogP contribution in [0.3, 0.4) is 0 Å². The molecule has 29 heavy (non-hydrogen) atoms. The van der Waals surface area contributed by atoms with Gasteiger partial charge in [-0.05, 0) is 47.0 Å². The lowest BCUT2D eigenvalue weighted by Crippen LogP contribution is -2.48. The van der Waals surface area contributed by atoms with Crippen LogP contribution in [0.5, 0.6) is 0 Å². The van der Waals surface area contributed by atoms with Gasteiger partial charge in [-0.15, -0.1) is 5.10 Å². The molecule has 0 bridgehead atoms. The predicted molar refractivity (Wildman–Crippen MR) is 91.6 cm³/mol. The Bertz CT molecular complexity index is 953. The number of hydrogen-bond acceptors (Lipinski definition) is 6. The van der Waals surface area contributed by atoms with Gasteiger partial charge in [0.1, 0.15) is 23.7 Å². The molecule has 2 heterocycles. The molecule has 0 spiro atoms. The lowest BCUT2D eigenvalue weighted by molar-refractivity contribution is -0.207. The Morgan fingerprint density at radius 2 is 1.90 bits per heavy atom. The Morgan fingerprint density at radius 1 is 1.10 bits per heavy atom. The van der Waals surface area contributed by atoms with Crippen LogP contribution in [-0.2, 0) is 24.5 Å². The van der Waals surface area contributed by atoms with Crippen LogP contribution in [0.1, 0.15) is 23.2 Å². The van der Waals surface area contributed by atoms with E-state index in [0.29, 0.717) is 24.5 Å². The minimum absolute atomic E-state index is 0.0621. The molecule has 11 heteroatoms. The molecule has 0 aliphatic carbocycles. The number of nitrogens with zero attached hydrogens (tertiary/aromatic N) is 5. The highest BCUT2D eigenvalue weighted by Crippen LogP contribution is 2.46. The summed E-state index contributed by atoms with van der Waals surface area (Å²) in [7, 11) is 0. The van der Waals surface area contributed by atoms with Crippen LogP contribution in [0.2, 0.25) is 0 Å². The molecule has 2 N–H and O–H groups in total. The first-order chi connectivity index (χ1) is 13.8. The van der Waals surface area contributed by atoms with Gasteiger partial charge < -0.3 is 10.2 Å². The molecule has 1 aromatic carbocycles. The highest BCUT2D eigenvalue weighted by atomic mass is 19.3. The molecule has 7 nitrogen and oxygen atoms in total. The molecule has 0 fully saturated rings. The summed E-state index contributed by atoms with van der Waals surface area (Å²) in [5.41, 5.74) is -4.20. The van der Waals surface area contributed by atoms with Gasteiger partial charge in [0.15, 0.2) is 5.60 Å². The number of aliphatic hydroxyl groups is 2. The van der Waals surface area contributed by atoms with Gasteiger partial charge in [-0.1, -0.05) is 6.07 Å². The maximum atomic E-state index is 15.5. The Kier molecular flexibility index (Phi) is 5.89. The van der Waals surface area contributed by atoms with E-state index in [-0.39, 0.29) is 6.61 Å². The fourth-order valence-corrected chi connectivity index (χ4v) is 2.92. The average molecular weight is 411 g/mol. The van der Waals surface area contributed by atoms with E-state index >= 15 is 8.78 Å². The smallest absolute Gasteiger partial charge is 0.323 e. The van der Waals surface area contributed by atoms with Crippen molar-refractivity contribution in [1.29, 1.82) is 0 Å². The number of hydrogen-bond donors (Lipinski definition) is 2. The topological polar surface area (TPSA) is 97.0 Å². The lowest BCUT2D eigenvalue weighted by atomic mass is 9.84. The molecular formula is C18H17F4N5O2. The van der Waals surface area contributed by atoms with Crippen LogP contribution in [0.15, 0.2) is 42.9 Å². The van der Waals surface area contributed by atoms with E-state index in [2.05, 4.69) is 20.5 Å². The second-order valence-electron chi connectivity index (χ2n) is 6.45. The van der Waals surface area contributed by atoms with Gasteiger partial charge in [0, 0.05) is 24.4 Å². The number of aryl methyl sites for hydroxylation is 1. The minimum Gasteiger partial charge on any atom is -0.396 e. The number of aromatic nitrogens is 5. The molecule has 0 amide bonds. The standard InChI is InChI=1S/C18H17F4N5O2/c19-13-4-5-14(15(20)8-13)17(29,10-27-11-24-25-26-27)18(21,22)16-6-3-12(9-23-16)2-1-7-28/h3-6,8-9,11,28-29H,1-2,7,10H2/t17-/m1/s1. The van der Waals surface area contributed by atoms with Crippen LogP contribution >= 0.6 is 0 Å². The Balaban J connectivity index is 2.06. The summed E-state index contributed by atoms with van der Waals surface area (Å²) in [5.74, 6) is -6.42. The third kappa shape index (κ3) is 4.10. The van der Waals surface area contributed by atoms with Crippen LogP contribution in [0, 0.1) is 11.6 Å². The molecule has 0 radical (unpaired) electrons. The zero-order valence-corrected chi connectivity index (χ0v) is 15.0. The van der Waals surface area contributed by atoms with E-state index in [4.69, 9.17) is 5.11 Å². The van der Waals surface area contributed by atoms with Gasteiger partial charge in [-0.3, -0.25) is 4.98 Å². The van der Waals surface area contributed by atoms with Crippen molar-refractivity contribution in [3.63, 3.8) is 0 Å². The number of rotatable bonds is 8.